The topological polar surface area (TPSA) is 73.7 Å². The van der Waals surface area contributed by atoms with Crippen molar-refractivity contribution in [2.24, 2.45) is 0 Å². The van der Waals surface area contributed by atoms with Crippen LogP contribution in [0, 0.1) is 0 Å². The van der Waals surface area contributed by atoms with Crippen molar-refractivity contribution in [2.75, 3.05) is 26.2 Å². The Hall–Kier alpha value is -2.51. The fourth-order valence-electron chi connectivity index (χ4n) is 3.56. The van der Waals surface area contributed by atoms with Crippen molar-refractivity contribution in [3.8, 4) is 0 Å². The van der Waals surface area contributed by atoms with Crippen molar-refractivity contribution in [3.05, 3.63) is 70.0 Å². The van der Waals surface area contributed by atoms with Crippen LogP contribution in [0.25, 0.3) is 5.76 Å². The molecule has 1 aliphatic heterocycles. The monoisotopic (exact) mass is 457 g/mol. The van der Waals surface area contributed by atoms with E-state index in [1.165, 1.54) is 0 Å². The minimum atomic E-state index is -0.660. The van der Waals surface area contributed by atoms with Gasteiger partial charge in [0.1, 0.15) is 5.76 Å². The molecule has 0 bridgehead atoms. The van der Waals surface area contributed by atoms with Gasteiger partial charge in [-0.2, -0.15) is 0 Å². The molecule has 0 unspecified atom stereocenters. The number of likely N-dealkylation sites (tertiary alicyclic amines) is 1. The van der Waals surface area contributed by atoms with Gasteiger partial charge in [-0.15, -0.1) is 0 Å². The predicted octanol–water partition coefficient (Wildman–Crippen LogP) is 3.61. The zero-order valence-corrected chi connectivity index (χ0v) is 18.1. The second-order valence-corrected chi connectivity index (χ2v) is 7.72. The van der Waals surface area contributed by atoms with Gasteiger partial charge in [-0.1, -0.05) is 41.9 Å². The number of likely N-dealkylation sites (N-methyl/N-ethyl adjacent to an activating group) is 1. The highest BCUT2D eigenvalue weighted by molar-refractivity contribution is 9.10. The Morgan fingerprint density at radius 3 is 2.31 bits per heavy atom. The number of aliphatic hydroxyl groups is 1. The number of benzene rings is 1. The molecule has 152 valence electrons. The molecule has 0 saturated carbocycles. The van der Waals surface area contributed by atoms with E-state index in [1.54, 1.807) is 29.4 Å². The second kappa shape index (κ2) is 9.33. The molecular formula is C22H24BrN3O3. The average molecular weight is 458 g/mol. The third-order valence-electron chi connectivity index (χ3n) is 5.23. The van der Waals surface area contributed by atoms with Gasteiger partial charge in [0.15, 0.2) is 0 Å². The Morgan fingerprint density at radius 2 is 1.72 bits per heavy atom. The van der Waals surface area contributed by atoms with E-state index < -0.39 is 17.7 Å². The number of Topliss-reactive ketones (excluding diaryl/α,β-unsaturated/α-hetero) is 1. The number of pyridine rings is 1. The number of carbonyl (C=O) groups is 2. The number of rotatable bonds is 7. The quantitative estimate of drug-likeness (QED) is 0.390. The largest absolute Gasteiger partial charge is 0.507 e. The number of hydrogen-bond donors (Lipinski definition) is 1. The van der Waals surface area contributed by atoms with Crippen LogP contribution in [-0.2, 0) is 9.59 Å². The number of halogens is 1. The van der Waals surface area contributed by atoms with Crippen molar-refractivity contribution in [2.45, 2.75) is 19.9 Å². The van der Waals surface area contributed by atoms with E-state index in [9.17, 15) is 14.7 Å². The van der Waals surface area contributed by atoms with E-state index in [2.05, 4.69) is 39.7 Å². The summed E-state index contributed by atoms with van der Waals surface area (Å²) in [5, 5.41) is 10.9. The molecule has 1 aliphatic rings. The zero-order chi connectivity index (χ0) is 21.0. The third-order valence-corrected chi connectivity index (χ3v) is 5.76. The summed E-state index contributed by atoms with van der Waals surface area (Å²) >= 11 is 3.42. The summed E-state index contributed by atoms with van der Waals surface area (Å²) in [6.07, 6.45) is 3.08. The van der Waals surface area contributed by atoms with Crippen LogP contribution in [-0.4, -0.2) is 57.8 Å². The van der Waals surface area contributed by atoms with Crippen molar-refractivity contribution >= 4 is 33.4 Å². The van der Waals surface area contributed by atoms with Crippen LogP contribution in [0.2, 0.25) is 0 Å². The summed E-state index contributed by atoms with van der Waals surface area (Å²) in [4.78, 5) is 33.5. The highest BCUT2D eigenvalue weighted by atomic mass is 79.9. The first kappa shape index (κ1) is 21.2. The van der Waals surface area contributed by atoms with Gasteiger partial charge >= 0.3 is 0 Å². The highest BCUT2D eigenvalue weighted by Gasteiger charge is 2.45. The molecule has 29 heavy (non-hydrogen) atoms. The molecule has 6 nitrogen and oxygen atoms in total. The Bertz CT molecular complexity index is 909. The lowest BCUT2D eigenvalue weighted by molar-refractivity contribution is -0.140. The van der Waals surface area contributed by atoms with Gasteiger partial charge in [-0.3, -0.25) is 14.6 Å². The Kier molecular flexibility index (Phi) is 6.82. The smallest absolute Gasteiger partial charge is 0.295 e. The molecule has 1 saturated heterocycles. The molecule has 1 atom stereocenters. The maximum absolute atomic E-state index is 12.9. The van der Waals surface area contributed by atoms with Gasteiger partial charge in [0.05, 0.1) is 11.6 Å². The first-order valence-electron chi connectivity index (χ1n) is 9.64. The van der Waals surface area contributed by atoms with Crippen molar-refractivity contribution in [1.29, 1.82) is 0 Å². The molecule has 1 fully saturated rings. The lowest BCUT2D eigenvalue weighted by Crippen LogP contribution is -2.38. The van der Waals surface area contributed by atoms with Crippen LogP contribution in [0.15, 0.2) is 58.8 Å². The number of nitrogens with zero attached hydrogens (tertiary/aromatic N) is 3. The van der Waals surface area contributed by atoms with E-state index in [-0.39, 0.29) is 11.3 Å². The molecule has 0 radical (unpaired) electrons. The molecule has 3 rings (SSSR count). The van der Waals surface area contributed by atoms with Crippen LogP contribution in [0.5, 0.6) is 0 Å². The van der Waals surface area contributed by atoms with E-state index >= 15 is 0 Å². The molecule has 1 aromatic heterocycles. The summed E-state index contributed by atoms with van der Waals surface area (Å²) in [6, 6.07) is 10.1. The summed E-state index contributed by atoms with van der Waals surface area (Å²) in [6.45, 7) is 6.91. The van der Waals surface area contributed by atoms with E-state index in [4.69, 9.17) is 0 Å². The number of hydrogen-bond acceptors (Lipinski definition) is 5. The number of amides is 1. The molecule has 0 aliphatic carbocycles. The van der Waals surface area contributed by atoms with Crippen LogP contribution >= 0.6 is 15.9 Å². The van der Waals surface area contributed by atoms with E-state index in [0.717, 1.165) is 23.1 Å². The van der Waals surface area contributed by atoms with Crippen molar-refractivity contribution in [3.63, 3.8) is 0 Å². The third kappa shape index (κ3) is 4.41. The van der Waals surface area contributed by atoms with Crippen LogP contribution < -0.4 is 0 Å². The van der Waals surface area contributed by atoms with Crippen LogP contribution in [0.3, 0.4) is 0 Å². The summed E-state index contributed by atoms with van der Waals surface area (Å²) in [5.41, 5.74) is 1.36. The van der Waals surface area contributed by atoms with Crippen LogP contribution in [0.1, 0.15) is 31.0 Å². The van der Waals surface area contributed by atoms with Gasteiger partial charge in [-0.25, -0.2) is 0 Å². The second-order valence-electron chi connectivity index (χ2n) is 6.81. The number of aromatic nitrogens is 1. The maximum Gasteiger partial charge on any atom is 0.295 e. The lowest BCUT2D eigenvalue weighted by atomic mass is 9.95. The first-order valence-corrected chi connectivity index (χ1v) is 10.4. The Balaban J connectivity index is 2.07. The predicted molar refractivity (Wildman–Crippen MR) is 115 cm³/mol. The molecule has 7 heteroatoms. The number of carbonyl (C=O) groups excluding carboxylic acids is 2. The fourth-order valence-corrected chi connectivity index (χ4v) is 3.82. The van der Waals surface area contributed by atoms with Gasteiger partial charge in [0, 0.05) is 35.5 Å². The van der Waals surface area contributed by atoms with E-state index in [0.29, 0.717) is 18.7 Å². The Morgan fingerprint density at radius 1 is 1.10 bits per heavy atom. The van der Waals surface area contributed by atoms with E-state index in [1.807, 2.05) is 24.3 Å². The fraction of sp³-hybridized carbons (Fsp3) is 0.318. The molecule has 2 aromatic rings. The SMILES string of the molecule is CCN(CC)CCN1C(=O)C(=O)C(=C(O)c2ccncc2)[C@@H]1c1ccc(Br)cc1. The molecule has 1 amide bonds. The van der Waals surface area contributed by atoms with Gasteiger partial charge in [0.25, 0.3) is 11.7 Å². The summed E-state index contributed by atoms with van der Waals surface area (Å²) < 4.78 is 0.899. The average Bonchev–Trinajstić information content (AvgIpc) is 3.00. The van der Waals surface area contributed by atoms with Crippen molar-refractivity contribution < 1.29 is 14.7 Å². The lowest BCUT2D eigenvalue weighted by Gasteiger charge is -2.28. The summed E-state index contributed by atoms with van der Waals surface area (Å²) in [5.74, 6) is -1.42. The highest BCUT2D eigenvalue weighted by Crippen LogP contribution is 2.39. The zero-order valence-electron chi connectivity index (χ0n) is 16.5. The maximum atomic E-state index is 12.9. The standard InChI is InChI=1S/C22H24BrN3O3/c1-3-25(4-2)13-14-26-19(15-5-7-17(23)8-6-15)18(21(28)22(26)29)20(27)16-9-11-24-12-10-16/h5-12,19,27H,3-4,13-14H2,1-2H3/t19-/m0/s1. The number of aliphatic hydroxyl groups excluding tert-OH is 1. The summed E-state index contributed by atoms with van der Waals surface area (Å²) in [7, 11) is 0. The normalized spacial score (nSPS) is 18.6. The molecule has 2 heterocycles. The minimum Gasteiger partial charge on any atom is -0.507 e. The van der Waals surface area contributed by atoms with Crippen molar-refractivity contribution in [1.82, 2.24) is 14.8 Å². The van der Waals surface area contributed by atoms with Gasteiger partial charge in [0.2, 0.25) is 0 Å². The molecular weight excluding hydrogens is 434 g/mol. The molecule has 1 N–H and O–H groups in total. The van der Waals surface area contributed by atoms with Crippen LogP contribution in [0.4, 0.5) is 0 Å². The van der Waals surface area contributed by atoms with Gasteiger partial charge in [-0.05, 0) is 42.9 Å². The van der Waals surface area contributed by atoms with Gasteiger partial charge < -0.3 is 14.9 Å². The number of ketones is 1. The molecule has 1 aromatic carbocycles. The molecule has 0 spiro atoms. The Labute approximate surface area is 179 Å². The first-order chi connectivity index (χ1) is 14.0. The minimum absolute atomic E-state index is 0.114.